The van der Waals surface area contributed by atoms with Gasteiger partial charge in [0.25, 0.3) is 5.91 Å². The Kier molecular flexibility index (Phi) is 9.57. The average molecular weight is 571 g/mol. The molecule has 4 rings (SSSR count). The first-order chi connectivity index (χ1) is 19.5. The van der Waals surface area contributed by atoms with Crippen LogP contribution in [0.2, 0.25) is 0 Å². The van der Waals surface area contributed by atoms with Crippen LogP contribution in [-0.4, -0.2) is 82.5 Å². The number of unbranched alkanes of at least 4 members (excludes halogenated alkanes) is 1. The van der Waals surface area contributed by atoms with E-state index in [2.05, 4.69) is 15.6 Å². The normalized spacial score (nSPS) is 20.3. The first kappa shape index (κ1) is 30.4. The van der Waals surface area contributed by atoms with Gasteiger partial charge in [-0.2, -0.15) is 0 Å². The maximum absolute atomic E-state index is 13.7. The molecule has 2 aromatic rings. The molecule has 41 heavy (non-hydrogen) atoms. The lowest BCUT2D eigenvalue weighted by Gasteiger charge is -2.30. The number of nitrogens with one attached hydrogen (secondary N) is 2. The molecule has 2 fully saturated rings. The summed E-state index contributed by atoms with van der Waals surface area (Å²) in [4.78, 5) is 45.2. The summed E-state index contributed by atoms with van der Waals surface area (Å²) in [7, 11) is 1.60. The van der Waals surface area contributed by atoms with Crippen molar-refractivity contribution in [2.24, 2.45) is 0 Å². The Morgan fingerprint density at radius 3 is 2.61 bits per heavy atom. The van der Waals surface area contributed by atoms with E-state index in [4.69, 9.17) is 14.2 Å². The highest BCUT2D eigenvalue weighted by Crippen LogP contribution is 2.31. The molecule has 0 radical (unpaired) electrons. The predicted molar refractivity (Wildman–Crippen MR) is 153 cm³/mol. The van der Waals surface area contributed by atoms with Crippen molar-refractivity contribution in [2.75, 3.05) is 13.7 Å². The Morgan fingerprint density at radius 2 is 1.95 bits per heavy atom. The van der Waals surface area contributed by atoms with E-state index in [0.29, 0.717) is 24.5 Å². The fourth-order valence-electron chi connectivity index (χ4n) is 4.87. The van der Waals surface area contributed by atoms with Crippen molar-refractivity contribution in [1.29, 1.82) is 0 Å². The number of ether oxygens (including phenoxy) is 3. The van der Waals surface area contributed by atoms with E-state index in [1.165, 1.54) is 4.90 Å². The lowest BCUT2D eigenvalue weighted by Crippen LogP contribution is -2.55. The molecule has 1 saturated carbocycles. The van der Waals surface area contributed by atoms with Gasteiger partial charge in [-0.15, -0.1) is 0 Å². The number of likely N-dealkylation sites (tertiary alicyclic amines) is 1. The number of hydrogen-bond donors (Lipinski definition) is 3. The van der Waals surface area contributed by atoms with Crippen LogP contribution in [0.3, 0.4) is 0 Å². The Morgan fingerprint density at radius 1 is 1.20 bits per heavy atom. The van der Waals surface area contributed by atoms with E-state index in [-0.39, 0.29) is 19.0 Å². The first-order valence-electron chi connectivity index (χ1n) is 14.4. The highest BCUT2D eigenvalue weighted by Gasteiger charge is 2.44. The van der Waals surface area contributed by atoms with Gasteiger partial charge in [0, 0.05) is 24.0 Å². The van der Waals surface area contributed by atoms with Gasteiger partial charge in [-0.05, 0) is 69.7 Å². The van der Waals surface area contributed by atoms with E-state index >= 15 is 0 Å². The third kappa shape index (κ3) is 8.00. The molecule has 4 atom stereocenters. The summed E-state index contributed by atoms with van der Waals surface area (Å²) in [6.07, 6.45) is 2.97. The minimum absolute atomic E-state index is 0.0823. The number of aromatic nitrogens is 1. The molecule has 11 nitrogen and oxygen atoms in total. The highest BCUT2D eigenvalue weighted by atomic mass is 16.6. The third-order valence-corrected chi connectivity index (χ3v) is 7.18. The van der Waals surface area contributed by atoms with Crippen molar-refractivity contribution < 1.29 is 33.7 Å². The second-order valence-corrected chi connectivity index (χ2v) is 11.8. The minimum Gasteiger partial charge on any atom is -0.497 e. The molecule has 0 spiro atoms. The van der Waals surface area contributed by atoms with Crippen molar-refractivity contribution in [3.05, 3.63) is 30.5 Å². The average Bonchev–Trinajstić information content (AvgIpc) is 3.64. The van der Waals surface area contributed by atoms with Crippen molar-refractivity contribution in [1.82, 2.24) is 20.5 Å². The van der Waals surface area contributed by atoms with E-state index in [1.807, 2.05) is 31.2 Å². The second-order valence-electron chi connectivity index (χ2n) is 11.8. The molecule has 0 bridgehead atoms. The van der Waals surface area contributed by atoms with Crippen LogP contribution in [0, 0.1) is 0 Å². The number of pyridine rings is 1. The molecule has 1 aromatic carbocycles. The lowest BCUT2D eigenvalue weighted by atomic mass is 10.0. The molecule has 1 aromatic heterocycles. The van der Waals surface area contributed by atoms with E-state index in [9.17, 15) is 19.5 Å². The number of methoxy groups -OCH3 is 1. The number of amides is 3. The zero-order valence-corrected chi connectivity index (χ0v) is 24.5. The van der Waals surface area contributed by atoms with E-state index in [0.717, 1.165) is 30.0 Å². The van der Waals surface area contributed by atoms with Crippen molar-refractivity contribution >= 4 is 28.7 Å². The van der Waals surface area contributed by atoms with Gasteiger partial charge >= 0.3 is 6.09 Å². The summed E-state index contributed by atoms with van der Waals surface area (Å²) in [5, 5.41) is 18.1. The number of benzene rings is 1. The van der Waals surface area contributed by atoms with E-state index < -0.39 is 47.8 Å². The molecule has 2 unspecified atom stereocenters. The predicted octanol–water partition coefficient (Wildman–Crippen LogP) is 3.31. The second kappa shape index (κ2) is 12.9. The molecular weight excluding hydrogens is 528 g/mol. The summed E-state index contributed by atoms with van der Waals surface area (Å²) in [6.45, 7) is 7.37. The number of aliphatic hydroxyl groups excluding tert-OH is 1. The number of carbonyl (C=O) groups is 3. The molecule has 3 N–H and O–H groups in total. The summed E-state index contributed by atoms with van der Waals surface area (Å²) in [6, 6.07) is 5.76. The summed E-state index contributed by atoms with van der Waals surface area (Å²) < 4.78 is 17.2. The maximum atomic E-state index is 13.7. The molecule has 3 amide bonds. The van der Waals surface area contributed by atoms with Crippen LogP contribution >= 0.6 is 0 Å². The zero-order valence-electron chi connectivity index (χ0n) is 24.5. The summed E-state index contributed by atoms with van der Waals surface area (Å²) >= 11 is 0. The minimum atomic E-state index is -1.40. The smallest absolute Gasteiger partial charge is 0.411 e. The van der Waals surface area contributed by atoms with Crippen LogP contribution in [0.25, 0.3) is 10.8 Å². The van der Waals surface area contributed by atoms with Crippen LogP contribution < -0.4 is 20.1 Å². The van der Waals surface area contributed by atoms with Gasteiger partial charge in [0.05, 0.1) is 19.7 Å². The van der Waals surface area contributed by atoms with Crippen molar-refractivity contribution in [2.45, 2.75) is 102 Å². The standard InChI is InChI=1S/C30H42N4O7/c1-6-7-8-23(25(35)27(37)32-19-9-10-19)33-26(36)24-16-21(17-34(24)29(38)41-30(2,3)4)40-28-22-12-11-20(39-5)15-18(22)13-14-31-28/h11-15,19,21,23-25,35H,6-10,16-17H2,1-5H3,(H,32,37)(H,33,36)/t21?,23-,24-,25?/m0/s1. The number of nitrogens with zero attached hydrogens (tertiary/aromatic N) is 2. The summed E-state index contributed by atoms with van der Waals surface area (Å²) in [5.74, 6) is 0.114. The monoisotopic (exact) mass is 570 g/mol. The highest BCUT2D eigenvalue weighted by molar-refractivity contribution is 5.89. The maximum Gasteiger partial charge on any atom is 0.411 e. The fraction of sp³-hybridized carbons (Fsp3) is 0.600. The SMILES string of the molecule is CCCC[C@H](NC(=O)[C@@H]1CC(Oc2nccc3cc(OC)ccc23)CN1C(=O)OC(C)(C)C)C(O)C(=O)NC1CC1. The Hall–Kier alpha value is -3.60. The van der Waals surface area contributed by atoms with Crippen molar-refractivity contribution in [3.8, 4) is 11.6 Å². The molecule has 224 valence electrons. The van der Waals surface area contributed by atoms with Gasteiger partial charge in [0.2, 0.25) is 11.8 Å². The molecule has 1 aliphatic heterocycles. The quantitative estimate of drug-likeness (QED) is 0.374. The largest absolute Gasteiger partial charge is 0.497 e. The molecule has 2 heterocycles. The van der Waals surface area contributed by atoms with Crippen molar-refractivity contribution in [3.63, 3.8) is 0 Å². The molecule has 2 aliphatic rings. The Balaban J connectivity index is 1.53. The van der Waals surface area contributed by atoms with E-state index in [1.54, 1.807) is 34.1 Å². The molecule has 1 saturated heterocycles. The lowest BCUT2D eigenvalue weighted by molar-refractivity contribution is -0.133. The summed E-state index contributed by atoms with van der Waals surface area (Å²) in [5.41, 5.74) is -0.770. The number of aliphatic hydroxyl groups is 1. The van der Waals surface area contributed by atoms with Crippen LogP contribution in [-0.2, 0) is 14.3 Å². The van der Waals surface area contributed by atoms with Crippen LogP contribution in [0.5, 0.6) is 11.6 Å². The third-order valence-electron chi connectivity index (χ3n) is 7.18. The van der Waals surface area contributed by atoms with Gasteiger partial charge in [0.1, 0.15) is 23.5 Å². The number of carbonyl (C=O) groups excluding carboxylic acids is 3. The van der Waals surface area contributed by atoms with Crippen LogP contribution in [0.15, 0.2) is 30.5 Å². The Bertz CT molecular complexity index is 1240. The Labute approximate surface area is 240 Å². The van der Waals surface area contributed by atoms with Crippen LogP contribution in [0.1, 0.15) is 66.2 Å². The van der Waals surface area contributed by atoms with Crippen LogP contribution in [0.4, 0.5) is 4.79 Å². The van der Waals surface area contributed by atoms with Gasteiger partial charge < -0.3 is 30.0 Å². The number of rotatable bonds is 11. The molecule has 11 heteroatoms. The fourth-order valence-corrected chi connectivity index (χ4v) is 4.87. The van der Waals surface area contributed by atoms with Gasteiger partial charge in [-0.3, -0.25) is 14.5 Å². The number of fused-ring (bicyclic) bond motifs is 1. The van der Waals surface area contributed by atoms with Gasteiger partial charge in [-0.25, -0.2) is 9.78 Å². The first-order valence-corrected chi connectivity index (χ1v) is 14.4. The molecular formula is C30H42N4O7. The number of hydrogen-bond acceptors (Lipinski definition) is 8. The van der Waals surface area contributed by atoms with Gasteiger partial charge in [0.15, 0.2) is 6.10 Å². The molecule has 1 aliphatic carbocycles. The topological polar surface area (TPSA) is 139 Å². The van der Waals surface area contributed by atoms with Gasteiger partial charge in [-0.1, -0.05) is 19.8 Å². The zero-order chi connectivity index (χ0) is 29.7.